The number of hydrogen-bond acceptors (Lipinski definition) is 4. The van der Waals surface area contributed by atoms with Crippen LogP contribution in [0.5, 0.6) is 0 Å². The Morgan fingerprint density at radius 1 is 1.40 bits per heavy atom. The van der Waals surface area contributed by atoms with E-state index in [0.29, 0.717) is 20.7 Å². The van der Waals surface area contributed by atoms with Crippen LogP contribution in [-0.4, -0.2) is 22.7 Å². The summed E-state index contributed by atoms with van der Waals surface area (Å²) >= 11 is 7.15. The maximum Gasteiger partial charge on any atom is 0.325 e. The molecule has 0 aliphatic carbocycles. The first-order valence-electron chi connectivity index (χ1n) is 5.57. The molecule has 0 saturated heterocycles. The van der Waals surface area contributed by atoms with Crippen molar-refractivity contribution in [2.45, 2.75) is 0 Å². The number of nitrogens with one attached hydrogen (secondary N) is 2. The van der Waals surface area contributed by atoms with Crippen LogP contribution in [0.2, 0.25) is 5.02 Å². The van der Waals surface area contributed by atoms with Gasteiger partial charge in [-0.05, 0) is 12.1 Å². The van der Waals surface area contributed by atoms with Gasteiger partial charge in [-0.1, -0.05) is 46.9 Å². The standard InChI is InChI=1S/C13H10ClN3O2S/c14-10-5-1-2-6-11(10)16-12(19)17-13-15-8-9(20-13)4-3-7-18/h1-2,5-6,8,18H,7H2,(H2,15,16,17,19). The molecule has 0 radical (unpaired) electrons. The highest BCUT2D eigenvalue weighted by Gasteiger charge is 2.07. The van der Waals surface area contributed by atoms with Crippen molar-refractivity contribution in [1.29, 1.82) is 0 Å². The lowest BCUT2D eigenvalue weighted by Crippen LogP contribution is -2.19. The van der Waals surface area contributed by atoms with Crippen LogP contribution < -0.4 is 10.6 Å². The first-order chi connectivity index (χ1) is 9.69. The fourth-order valence-electron chi connectivity index (χ4n) is 1.33. The molecule has 3 N–H and O–H groups in total. The Bertz CT molecular complexity index is 675. The summed E-state index contributed by atoms with van der Waals surface area (Å²) in [6, 6.07) is 6.49. The number of para-hydroxylation sites is 1. The average molecular weight is 308 g/mol. The summed E-state index contributed by atoms with van der Waals surface area (Å²) in [6.45, 7) is -0.215. The van der Waals surface area contributed by atoms with Crippen LogP contribution in [0.4, 0.5) is 15.6 Å². The molecule has 0 atom stereocenters. The Hall–Kier alpha value is -2.07. The molecule has 0 aliphatic heterocycles. The Labute approximate surface area is 124 Å². The number of benzene rings is 1. The van der Waals surface area contributed by atoms with E-state index in [2.05, 4.69) is 27.5 Å². The molecule has 1 aromatic heterocycles. The highest BCUT2D eigenvalue weighted by atomic mass is 35.5. The van der Waals surface area contributed by atoms with Gasteiger partial charge in [0.2, 0.25) is 0 Å². The number of hydrogen-bond donors (Lipinski definition) is 3. The molecular formula is C13H10ClN3O2S. The number of carbonyl (C=O) groups excluding carboxylic acids is 1. The summed E-state index contributed by atoms with van der Waals surface area (Å²) in [5.41, 5.74) is 0.517. The molecular weight excluding hydrogens is 298 g/mol. The number of anilines is 2. The molecule has 5 nitrogen and oxygen atoms in total. The van der Waals surface area contributed by atoms with Crippen molar-refractivity contribution in [3.8, 4) is 11.8 Å². The van der Waals surface area contributed by atoms with Crippen molar-refractivity contribution in [2.75, 3.05) is 17.2 Å². The molecule has 2 rings (SSSR count). The van der Waals surface area contributed by atoms with Gasteiger partial charge in [-0.3, -0.25) is 5.32 Å². The van der Waals surface area contributed by atoms with E-state index in [1.54, 1.807) is 24.3 Å². The SMILES string of the molecule is O=C(Nc1ncc(C#CCO)s1)Nc1ccccc1Cl. The van der Waals surface area contributed by atoms with Gasteiger partial charge in [0.25, 0.3) is 0 Å². The van der Waals surface area contributed by atoms with E-state index in [0.717, 1.165) is 0 Å². The number of aliphatic hydroxyl groups is 1. The predicted molar refractivity (Wildman–Crippen MR) is 80.2 cm³/mol. The normalized spacial score (nSPS) is 9.50. The highest BCUT2D eigenvalue weighted by molar-refractivity contribution is 7.16. The van der Waals surface area contributed by atoms with Gasteiger partial charge in [-0.25, -0.2) is 9.78 Å². The number of nitrogens with zero attached hydrogens (tertiary/aromatic N) is 1. The van der Waals surface area contributed by atoms with Crippen LogP contribution in [0, 0.1) is 11.8 Å². The van der Waals surface area contributed by atoms with Gasteiger partial charge in [0, 0.05) is 0 Å². The van der Waals surface area contributed by atoms with Gasteiger partial charge >= 0.3 is 6.03 Å². The van der Waals surface area contributed by atoms with Crippen molar-refractivity contribution in [2.24, 2.45) is 0 Å². The van der Waals surface area contributed by atoms with Crippen LogP contribution >= 0.6 is 22.9 Å². The average Bonchev–Trinajstić information content (AvgIpc) is 2.86. The molecule has 0 fully saturated rings. The van der Waals surface area contributed by atoms with Gasteiger partial charge in [0.1, 0.15) is 6.61 Å². The summed E-state index contributed by atoms with van der Waals surface area (Å²) in [4.78, 5) is 16.4. The number of aromatic nitrogens is 1. The largest absolute Gasteiger partial charge is 0.384 e. The summed E-state index contributed by atoms with van der Waals surface area (Å²) in [5.74, 6) is 5.22. The van der Waals surface area contributed by atoms with Crippen molar-refractivity contribution >= 4 is 39.8 Å². The maximum absolute atomic E-state index is 11.8. The van der Waals surface area contributed by atoms with Crippen LogP contribution in [0.3, 0.4) is 0 Å². The Morgan fingerprint density at radius 2 is 2.20 bits per heavy atom. The van der Waals surface area contributed by atoms with Crippen molar-refractivity contribution in [3.63, 3.8) is 0 Å². The van der Waals surface area contributed by atoms with Gasteiger partial charge in [0.15, 0.2) is 5.13 Å². The quantitative estimate of drug-likeness (QED) is 0.747. The second-order valence-electron chi connectivity index (χ2n) is 3.55. The molecule has 0 bridgehead atoms. The molecule has 7 heteroatoms. The number of carbonyl (C=O) groups is 1. The highest BCUT2D eigenvalue weighted by Crippen LogP contribution is 2.21. The Kier molecular flexibility index (Phi) is 4.96. The Morgan fingerprint density at radius 3 is 2.95 bits per heavy atom. The summed E-state index contributed by atoms with van der Waals surface area (Å²) in [5, 5.41) is 14.7. The smallest absolute Gasteiger partial charge is 0.325 e. The fraction of sp³-hybridized carbons (Fsp3) is 0.0769. The van der Waals surface area contributed by atoms with Gasteiger partial charge in [0.05, 0.1) is 21.8 Å². The van der Waals surface area contributed by atoms with E-state index >= 15 is 0 Å². The topological polar surface area (TPSA) is 74.2 Å². The Balaban J connectivity index is 1.98. The first kappa shape index (κ1) is 14.3. The van der Waals surface area contributed by atoms with Crippen LogP contribution in [0.1, 0.15) is 4.88 Å². The maximum atomic E-state index is 11.8. The number of amides is 2. The molecule has 2 amide bonds. The van der Waals surface area contributed by atoms with E-state index in [9.17, 15) is 4.79 Å². The fourth-order valence-corrected chi connectivity index (χ4v) is 2.20. The lowest BCUT2D eigenvalue weighted by Gasteiger charge is -2.06. The van der Waals surface area contributed by atoms with Crippen molar-refractivity contribution < 1.29 is 9.90 Å². The lowest BCUT2D eigenvalue weighted by molar-refractivity contribution is 0.262. The zero-order valence-corrected chi connectivity index (χ0v) is 11.8. The van der Waals surface area contributed by atoms with Crippen LogP contribution in [0.15, 0.2) is 30.5 Å². The number of aliphatic hydroxyl groups excluding tert-OH is 1. The number of halogens is 1. The second kappa shape index (κ2) is 6.91. The number of urea groups is 1. The molecule has 0 unspecified atom stereocenters. The molecule has 0 spiro atoms. The number of thiazole rings is 1. The van der Waals surface area contributed by atoms with E-state index < -0.39 is 6.03 Å². The molecule has 102 valence electrons. The van der Waals surface area contributed by atoms with Gasteiger partial charge in [-0.15, -0.1) is 0 Å². The van der Waals surface area contributed by atoms with Gasteiger partial charge in [-0.2, -0.15) is 0 Å². The molecule has 20 heavy (non-hydrogen) atoms. The summed E-state index contributed by atoms with van der Waals surface area (Å²) in [6.07, 6.45) is 1.53. The third-order valence-corrected chi connectivity index (χ3v) is 3.30. The van der Waals surface area contributed by atoms with Crippen molar-refractivity contribution in [3.05, 3.63) is 40.4 Å². The third kappa shape index (κ3) is 3.96. The summed E-state index contributed by atoms with van der Waals surface area (Å²) < 4.78 is 0. The van der Waals surface area contributed by atoms with Crippen molar-refractivity contribution in [1.82, 2.24) is 4.98 Å². The molecule has 2 aromatic rings. The zero-order valence-electron chi connectivity index (χ0n) is 10.2. The van der Waals surface area contributed by atoms with Crippen LogP contribution in [-0.2, 0) is 0 Å². The molecule has 1 aromatic carbocycles. The molecule has 0 saturated carbocycles. The molecule has 1 heterocycles. The van der Waals surface area contributed by atoms with E-state index in [4.69, 9.17) is 16.7 Å². The van der Waals surface area contributed by atoms with E-state index in [1.807, 2.05) is 0 Å². The zero-order chi connectivity index (χ0) is 14.4. The van der Waals surface area contributed by atoms with E-state index in [-0.39, 0.29) is 6.61 Å². The summed E-state index contributed by atoms with van der Waals surface area (Å²) in [7, 11) is 0. The monoisotopic (exact) mass is 307 g/mol. The van der Waals surface area contributed by atoms with E-state index in [1.165, 1.54) is 17.5 Å². The molecule has 0 aliphatic rings. The van der Waals surface area contributed by atoms with Gasteiger partial charge < -0.3 is 10.4 Å². The predicted octanol–water partition coefficient (Wildman–Crippen LogP) is 2.78. The third-order valence-electron chi connectivity index (χ3n) is 2.14. The lowest BCUT2D eigenvalue weighted by atomic mass is 10.3. The minimum absolute atomic E-state index is 0.215. The first-order valence-corrected chi connectivity index (χ1v) is 6.76. The number of rotatable bonds is 2. The minimum atomic E-state index is -0.436. The minimum Gasteiger partial charge on any atom is -0.384 e. The van der Waals surface area contributed by atoms with Crippen LogP contribution in [0.25, 0.3) is 0 Å². The second-order valence-corrected chi connectivity index (χ2v) is 4.99.